The molecule has 2 saturated carbocycles. The minimum absolute atomic E-state index is 0.224. The first kappa shape index (κ1) is 25.5. The lowest BCUT2D eigenvalue weighted by molar-refractivity contribution is -0.112. The van der Waals surface area contributed by atoms with E-state index in [-0.39, 0.29) is 11.5 Å². The van der Waals surface area contributed by atoms with Crippen molar-refractivity contribution in [2.24, 2.45) is 39.4 Å². The summed E-state index contributed by atoms with van der Waals surface area (Å²) in [5.74, 6) is 1.69. The second kappa shape index (κ2) is 8.51. The molecular formula is C31H52O2. The van der Waals surface area contributed by atoms with E-state index in [0.29, 0.717) is 34.2 Å². The van der Waals surface area contributed by atoms with Gasteiger partial charge in [-0.2, -0.15) is 0 Å². The van der Waals surface area contributed by atoms with Crippen LogP contribution in [0.5, 0.6) is 0 Å². The van der Waals surface area contributed by atoms with Gasteiger partial charge >= 0.3 is 0 Å². The zero-order chi connectivity index (χ0) is 24.4. The summed E-state index contributed by atoms with van der Waals surface area (Å²) in [6.45, 7) is 19.4. The Bertz CT molecular complexity index is 817. The van der Waals surface area contributed by atoms with Crippen LogP contribution in [0.15, 0.2) is 22.8 Å². The molecule has 0 aromatic heterocycles. The van der Waals surface area contributed by atoms with Gasteiger partial charge in [-0.1, -0.05) is 64.3 Å². The Hall–Kier alpha value is -0.600. The van der Waals surface area contributed by atoms with Gasteiger partial charge in [0.05, 0.1) is 12.2 Å². The quantitative estimate of drug-likeness (QED) is 0.423. The van der Waals surface area contributed by atoms with Crippen LogP contribution in [0.4, 0.5) is 0 Å². The van der Waals surface area contributed by atoms with Crippen molar-refractivity contribution >= 4 is 0 Å². The number of aliphatic hydroxyl groups excluding tert-OH is 1. The summed E-state index contributed by atoms with van der Waals surface area (Å²) in [5.41, 5.74) is 6.18. The molecule has 0 amide bonds. The van der Waals surface area contributed by atoms with Crippen molar-refractivity contribution in [1.82, 2.24) is 0 Å². The van der Waals surface area contributed by atoms with Gasteiger partial charge in [-0.15, -0.1) is 0 Å². The lowest BCUT2D eigenvalue weighted by Gasteiger charge is -2.62. The maximum Gasteiger partial charge on any atom is 0.0625 e. The normalized spacial score (nSPS) is 43.9. The monoisotopic (exact) mass is 456 g/mol. The van der Waals surface area contributed by atoms with Crippen molar-refractivity contribution in [3.63, 3.8) is 0 Å². The number of ether oxygens (including phenoxy) is 1. The molecule has 0 aromatic rings. The average molecular weight is 457 g/mol. The highest BCUT2D eigenvalue weighted by atomic mass is 16.5. The van der Waals surface area contributed by atoms with Crippen LogP contribution < -0.4 is 0 Å². The predicted molar refractivity (Wildman–Crippen MR) is 139 cm³/mol. The standard InChI is InChI=1S/C31H52O2/c1-20(2)10-12-25(32)21(3)22-14-18-31(8)24-11-13-26-28(4,5)27(33-9)16-17-29(26,6)23(24)15-19-30(22,31)7/h10,21-22,25-27,32H,11-19H2,1-9H3/t21-,22+,25-,26-,27-,29+,30+,31-/m0/s1. The van der Waals surface area contributed by atoms with Crippen LogP contribution in [0.3, 0.4) is 0 Å². The Kier molecular flexibility index (Phi) is 6.57. The summed E-state index contributed by atoms with van der Waals surface area (Å²) < 4.78 is 6.00. The van der Waals surface area contributed by atoms with E-state index >= 15 is 0 Å². The number of allylic oxidation sites excluding steroid dienone is 3. The fourth-order valence-electron chi connectivity index (χ4n) is 9.81. The summed E-state index contributed by atoms with van der Waals surface area (Å²) in [4.78, 5) is 0. The van der Waals surface area contributed by atoms with Gasteiger partial charge in [0.2, 0.25) is 0 Å². The molecule has 0 aliphatic heterocycles. The van der Waals surface area contributed by atoms with Gasteiger partial charge < -0.3 is 9.84 Å². The molecule has 0 unspecified atom stereocenters. The number of hydrogen-bond acceptors (Lipinski definition) is 2. The molecule has 188 valence electrons. The van der Waals surface area contributed by atoms with E-state index in [4.69, 9.17) is 4.74 Å². The topological polar surface area (TPSA) is 29.5 Å². The fraction of sp³-hybridized carbons (Fsp3) is 0.871. The SMILES string of the molecule is CO[C@H]1CC[C@]2(C)C3=C(CC[C@H]2C1(C)C)[C@]1(C)CC[C@H]([C@H](C)[C@@H](O)CC=C(C)C)[C@@]1(C)CC3. The Morgan fingerprint density at radius 3 is 2.33 bits per heavy atom. The van der Waals surface area contributed by atoms with Crippen molar-refractivity contribution in [3.8, 4) is 0 Å². The summed E-state index contributed by atoms with van der Waals surface area (Å²) in [5, 5.41) is 11.1. The molecule has 2 nitrogen and oxygen atoms in total. The maximum absolute atomic E-state index is 11.1. The molecule has 0 aromatic carbocycles. The van der Waals surface area contributed by atoms with E-state index in [0.717, 1.165) is 12.3 Å². The van der Waals surface area contributed by atoms with Gasteiger partial charge in [-0.25, -0.2) is 0 Å². The molecule has 4 aliphatic carbocycles. The number of hydrogen-bond donors (Lipinski definition) is 1. The van der Waals surface area contributed by atoms with Crippen LogP contribution in [0.2, 0.25) is 0 Å². The first-order chi connectivity index (χ1) is 15.3. The Morgan fingerprint density at radius 1 is 1.00 bits per heavy atom. The van der Waals surface area contributed by atoms with E-state index in [1.807, 2.05) is 18.3 Å². The smallest absolute Gasteiger partial charge is 0.0625 e. The molecule has 0 saturated heterocycles. The van der Waals surface area contributed by atoms with Gasteiger partial charge in [0.15, 0.2) is 0 Å². The lowest BCUT2D eigenvalue weighted by atomic mass is 9.43. The van der Waals surface area contributed by atoms with E-state index in [1.54, 1.807) is 0 Å². The Balaban J connectivity index is 1.66. The largest absolute Gasteiger partial charge is 0.393 e. The molecule has 4 rings (SSSR count). The molecule has 2 heteroatoms. The summed E-state index contributed by atoms with van der Waals surface area (Å²) in [6.07, 6.45) is 13.4. The predicted octanol–water partition coefficient (Wildman–Crippen LogP) is 8.10. The molecule has 33 heavy (non-hydrogen) atoms. The fourth-order valence-corrected chi connectivity index (χ4v) is 9.81. The van der Waals surface area contributed by atoms with Crippen LogP contribution in [-0.2, 0) is 4.74 Å². The highest BCUT2D eigenvalue weighted by Crippen LogP contribution is 2.72. The molecule has 4 aliphatic rings. The maximum atomic E-state index is 11.1. The third-order valence-corrected chi connectivity index (χ3v) is 12.0. The van der Waals surface area contributed by atoms with E-state index in [1.165, 1.54) is 56.9 Å². The van der Waals surface area contributed by atoms with Gasteiger partial charge in [-0.3, -0.25) is 0 Å². The Morgan fingerprint density at radius 2 is 1.70 bits per heavy atom. The third-order valence-electron chi connectivity index (χ3n) is 12.0. The van der Waals surface area contributed by atoms with Gasteiger partial charge in [0.1, 0.15) is 0 Å². The number of fused-ring (bicyclic) bond motifs is 4. The van der Waals surface area contributed by atoms with Crippen molar-refractivity contribution in [3.05, 3.63) is 22.8 Å². The van der Waals surface area contributed by atoms with Crippen LogP contribution in [-0.4, -0.2) is 24.4 Å². The van der Waals surface area contributed by atoms with Crippen molar-refractivity contribution in [2.45, 2.75) is 125 Å². The lowest BCUT2D eigenvalue weighted by Crippen LogP contribution is -2.55. The van der Waals surface area contributed by atoms with Gasteiger partial charge in [0, 0.05) is 7.11 Å². The third kappa shape index (κ3) is 3.64. The van der Waals surface area contributed by atoms with Crippen molar-refractivity contribution in [1.29, 1.82) is 0 Å². The summed E-state index contributed by atoms with van der Waals surface area (Å²) in [6, 6.07) is 0. The average Bonchev–Trinajstić information content (AvgIpc) is 3.02. The highest BCUT2D eigenvalue weighted by Gasteiger charge is 2.63. The van der Waals surface area contributed by atoms with E-state index in [9.17, 15) is 5.11 Å². The number of methoxy groups -OCH3 is 1. The molecule has 0 heterocycles. The molecule has 0 radical (unpaired) electrons. The zero-order valence-electron chi connectivity index (χ0n) is 23.2. The van der Waals surface area contributed by atoms with Crippen LogP contribution in [0.25, 0.3) is 0 Å². The van der Waals surface area contributed by atoms with Crippen LogP contribution in [0, 0.1) is 39.4 Å². The highest BCUT2D eigenvalue weighted by molar-refractivity contribution is 5.38. The van der Waals surface area contributed by atoms with Crippen molar-refractivity contribution < 1.29 is 9.84 Å². The molecule has 0 spiro atoms. The van der Waals surface area contributed by atoms with Gasteiger partial charge in [0.25, 0.3) is 0 Å². The number of rotatable bonds is 5. The van der Waals surface area contributed by atoms with Gasteiger partial charge in [-0.05, 0) is 111 Å². The van der Waals surface area contributed by atoms with E-state index in [2.05, 4.69) is 61.5 Å². The number of aliphatic hydroxyl groups is 1. The first-order valence-corrected chi connectivity index (χ1v) is 13.9. The minimum atomic E-state index is -0.224. The second-order valence-corrected chi connectivity index (χ2v) is 13.9. The summed E-state index contributed by atoms with van der Waals surface area (Å²) >= 11 is 0. The zero-order valence-corrected chi connectivity index (χ0v) is 23.2. The van der Waals surface area contributed by atoms with E-state index < -0.39 is 0 Å². The summed E-state index contributed by atoms with van der Waals surface area (Å²) in [7, 11) is 1.92. The minimum Gasteiger partial charge on any atom is -0.393 e. The molecular weight excluding hydrogens is 404 g/mol. The molecule has 2 fully saturated rings. The molecule has 1 N–H and O–H groups in total. The Labute approximate surface area is 204 Å². The van der Waals surface area contributed by atoms with Crippen LogP contribution >= 0.6 is 0 Å². The molecule has 8 atom stereocenters. The van der Waals surface area contributed by atoms with Crippen molar-refractivity contribution in [2.75, 3.05) is 7.11 Å². The van der Waals surface area contributed by atoms with Crippen LogP contribution in [0.1, 0.15) is 113 Å². The molecule has 0 bridgehead atoms. The first-order valence-electron chi connectivity index (χ1n) is 13.9. The second-order valence-electron chi connectivity index (χ2n) is 13.9.